The minimum Gasteiger partial charge on any atom is -0.300 e. The molecule has 4 heterocycles. The third-order valence-corrected chi connectivity index (χ3v) is 6.02. The van der Waals surface area contributed by atoms with Crippen LogP contribution in [-0.4, -0.2) is 35.4 Å². The quantitative estimate of drug-likeness (QED) is 0.439. The van der Waals surface area contributed by atoms with Crippen LogP contribution in [0.1, 0.15) is 11.3 Å². The zero-order chi connectivity index (χ0) is 22.2. The molecule has 0 aliphatic carbocycles. The number of nitrogens with zero attached hydrogens (tertiary/aromatic N) is 6. The van der Waals surface area contributed by atoms with Gasteiger partial charge in [0, 0.05) is 30.2 Å². The Kier molecular flexibility index (Phi) is 5.02. The minimum absolute atomic E-state index is 0.0508. The van der Waals surface area contributed by atoms with Crippen molar-refractivity contribution in [1.29, 1.82) is 0 Å². The van der Waals surface area contributed by atoms with Crippen LogP contribution in [-0.2, 0) is 18.4 Å². The Morgan fingerprint density at radius 1 is 1.16 bits per heavy atom. The van der Waals surface area contributed by atoms with E-state index in [9.17, 15) is 4.79 Å². The second-order valence-corrected chi connectivity index (χ2v) is 8.45. The lowest BCUT2D eigenvalue weighted by atomic mass is 10.0. The summed E-state index contributed by atoms with van der Waals surface area (Å²) < 4.78 is 3.39. The van der Waals surface area contributed by atoms with Gasteiger partial charge in [0.05, 0.1) is 11.4 Å². The number of thiazole rings is 1. The predicted octanol–water partition coefficient (Wildman–Crippen LogP) is 4.21. The lowest BCUT2D eigenvalue weighted by Crippen LogP contribution is -2.19. The van der Waals surface area contributed by atoms with E-state index in [1.54, 1.807) is 21.8 Å². The van der Waals surface area contributed by atoms with Crippen molar-refractivity contribution in [2.24, 2.45) is 7.05 Å². The first-order chi connectivity index (χ1) is 15.5. The largest absolute Gasteiger partial charge is 0.300 e. The molecule has 0 radical (unpaired) electrons. The highest BCUT2D eigenvalue weighted by Crippen LogP contribution is 2.30. The van der Waals surface area contributed by atoms with Crippen LogP contribution >= 0.6 is 11.3 Å². The van der Waals surface area contributed by atoms with Gasteiger partial charge in [-0.15, -0.1) is 11.3 Å². The Labute approximate surface area is 188 Å². The smallest absolute Gasteiger partial charge is 0.247 e. The van der Waals surface area contributed by atoms with Crippen molar-refractivity contribution >= 4 is 33.4 Å². The number of carbonyl (C=O) groups excluding carboxylic acids is 1. The molecule has 8 nitrogen and oxygen atoms in total. The molecule has 0 saturated carbocycles. The van der Waals surface area contributed by atoms with Gasteiger partial charge in [-0.25, -0.2) is 14.6 Å². The van der Waals surface area contributed by atoms with Crippen molar-refractivity contribution in [3.63, 3.8) is 0 Å². The molecule has 4 aromatic heterocycles. The van der Waals surface area contributed by atoms with Crippen molar-refractivity contribution in [3.8, 4) is 22.5 Å². The second kappa shape index (κ2) is 8.01. The van der Waals surface area contributed by atoms with Crippen LogP contribution in [0.3, 0.4) is 0 Å². The van der Waals surface area contributed by atoms with E-state index in [1.165, 1.54) is 16.9 Å². The average Bonchev–Trinajstić information content (AvgIpc) is 3.48. The zero-order valence-electron chi connectivity index (χ0n) is 17.9. The van der Waals surface area contributed by atoms with E-state index in [0.29, 0.717) is 10.8 Å². The molecule has 0 spiro atoms. The van der Waals surface area contributed by atoms with Gasteiger partial charge in [0.1, 0.15) is 12.2 Å². The number of rotatable bonds is 5. The van der Waals surface area contributed by atoms with Gasteiger partial charge in [0.15, 0.2) is 10.8 Å². The van der Waals surface area contributed by atoms with Crippen LogP contribution in [0.4, 0.5) is 5.13 Å². The van der Waals surface area contributed by atoms with E-state index >= 15 is 0 Å². The SMILES string of the molecule is Cc1cccc(-c2ccnc3c2c(C)nn3CC(=O)Nc2nc(-c3ccnn3C)cs2)c1. The van der Waals surface area contributed by atoms with Crippen LogP contribution in [0.25, 0.3) is 33.5 Å². The van der Waals surface area contributed by atoms with E-state index < -0.39 is 0 Å². The van der Waals surface area contributed by atoms with Gasteiger partial charge >= 0.3 is 0 Å². The Hall–Kier alpha value is -3.85. The summed E-state index contributed by atoms with van der Waals surface area (Å²) >= 11 is 1.38. The van der Waals surface area contributed by atoms with E-state index in [4.69, 9.17) is 0 Å². The van der Waals surface area contributed by atoms with E-state index in [1.807, 2.05) is 37.6 Å². The summed E-state index contributed by atoms with van der Waals surface area (Å²) in [5.74, 6) is -0.205. The molecule has 1 aromatic carbocycles. The second-order valence-electron chi connectivity index (χ2n) is 7.60. The maximum absolute atomic E-state index is 12.7. The molecule has 0 bridgehead atoms. The summed E-state index contributed by atoms with van der Waals surface area (Å²) in [6, 6.07) is 12.2. The highest BCUT2D eigenvalue weighted by Gasteiger charge is 2.17. The number of hydrogen-bond acceptors (Lipinski definition) is 6. The van der Waals surface area contributed by atoms with Crippen molar-refractivity contribution in [3.05, 3.63) is 65.4 Å². The van der Waals surface area contributed by atoms with Crippen molar-refractivity contribution in [2.75, 3.05) is 5.32 Å². The molecule has 0 fully saturated rings. The molecule has 0 unspecified atom stereocenters. The fourth-order valence-electron chi connectivity index (χ4n) is 3.81. The van der Waals surface area contributed by atoms with Gasteiger partial charge in [-0.3, -0.25) is 9.48 Å². The number of anilines is 1. The molecule has 160 valence electrons. The third-order valence-electron chi connectivity index (χ3n) is 5.26. The van der Waals surface area contributed by atoms with E-state index in [2.05, 4.69) is 50.6 Å². The predicted molar refractivity (Wildman–Crippen MR) is 125 cm³/mol. The normalized spacial score (nSPS) is 11.2. The van der Waals surface area contributed by atoms with Gasteiger partial charge in [0.2, 0.25) is 5.91 Å². The first-order valence-electron chi connectivity index (χ1n) is 10.1. The van der Waals surface area contributed by atoms with Crippen molar-refractivity contribution in [1.82, 2.24) is 29.5 Å². The monoisotopic (exact) mass is 443 g/mol. The molecular weight excluding hydrogens is 422 g/mol. The third kappa shape index (κ3) is 3.67. The number of carbonyl (C=O) groups is 1. The maximum atomic E-state index is 12.7. The number of fused-ring (bicyclic) bond motifs is 1. The molecule has 5 aromatic rings. The number of nitrogens with one attached hydrogen (secondary N) is 1. The number of amides is 1. The van der Waals surface area contributed by atoms with Gasteiger partial charge in [-0.05, 0) is 37.1 Å². The zero-order valence-corrected chi connectivity index (χ0v) is 18.7. The van der Waals surface area contributed by atoms with Gasteiger partial charge in [-0.2, -0.15) is 10.2 Å². The fraction of sp³-hybridized carbons (Fsp3) is 0.174. The fourth-order valence-corrected chi connectivity index (χ4v) is 4.53. The lowest BCUT2D eigenvalue weighted by molar-refractivity contribution is -0.116. The molecule has 0 atom stereocenters. The number of aryl methyl sites for hydroxylation is 3. The number of hydrogen-bond donors (Lipinski definition) is 1. The molecule has 1 N–H and O–H groups in total. The van der Waals surface area contributed by atoms with Crippen LogP contribution in [0.15, 0.2) is 54.2 Å². The molecule has 0 aliphatic rings. The lowest BCUT2D eigenvalue weighted by Gasteiger charge is -2.06. The van der Waals surface area contributed by atoms with Crippen LogP contribution in [0.5, 0.6) is 0 Å². The molecular formula is C23H21N7OS. The van der Waals surface area contributed by atoms with Gasteiger partial charge in [0.25, 0.3) is 0 Å². The van der Waals surface area contributed by atoms with Crippen molar-refractivity contribution < 1.29 is 4.79 Å². The maximum Gasteiger partial charge on any atom is 0.247 e. The van der Waals surface area contributed by atoms with Gasteiger partial charge in [-0.1, -0.05) is 29.8 Å². The number of benzene rings is 1. The Morgan fingerprint density at radius 2 is 2.03 bits per heavy atom. The average molecular weight is 444 g/mol. The standard InChI is InChI=1S/C23H21N7OS/c1-14-5-4-6-16(11-14)17-7-9-24-22-21(17)15(2)28-30(22)12-20(31)27-23-26-18(13-32-23)19-8-10-25-29(19)3/h4-11,13H,12H2,1-3H3,(H,26,27,31). The highest BCUT2D eigenvalue weighted by atomic mass is 32.1. The first kappa shape index (κ1) is 20.1. The number of aromatic nitrogens is 6. The molecule has 1 amide bonds. The summed E-state index contributed by atoms with van der Waals surface area (Å²) in [7, 11) is 1.86. The first-order valence-corrected chi connectivity index (χ1v) is 11.0. The molecule has 0 saturated heterocycles. The Balaban J connectivity index is 1.40. The summed E-state index contributed by atoms with van der Waals surface area (Å²) in [5, 5.41) is 15.0. The minimum atomic E-state index is -0.205. The van der Waals surface area contributed by atoms with Crippen molar-refractivity contribution in [2.45, 2.75) is 20.4 Å². The van der Waals surface area contributed by atoms with Crippen LogP contribution in [0.2, 0.25) is 0 Å². The summed E-state index contributed by atoms with van der Waals surface area (Å²) in [6.07, 6.45) is 3.48. The highest BCUT2D eigenvalue weighted by molar-refractivity contribution is 7.14. The topological polar surface area (TPSA) is 90.5 Å². The van der Waals surface area contributed by atoms with E-state index in [0.717, 1.165) is 33.6 Å². The van der Waals surface area contributed by atoms with E-state index in [-0.39, 0.29) is 12.5 Å². The Morgan fingerprint density at radius 3 is 2.81 bits per heavy atom. The molecule has 32 heavy (non-hydrogen) atoms. The summed E-state index contributed by atoms with van der Waals surface area (Å²) in [4.78, 5) is 21.8. The molecule has 0 aliphatic heterocycles. The molecule has 5 rings (SSSR count). The summed E-state index contributed by atoms with van der Waals surface area (Å²) in [5.41, 5.74) is 6.54. The Bertz CT molecular complexity index is 1450. The van der Waals surface area contributed by atoms with Gasteiger partial charge < -0.3 is 5.32 Å². The number of pyridine rings is 1. The summed E-state index contributed by atoms with van der Waals surface area (Å²) in [6.45, 7) is 4.06. The van der Waals surface area contributed by atoms with Crippen LogP contribution in [0, 0.1) is 13.8 Å². The van der Waals surface area contributed by atoms with Crippen LogP contribution < -0.4 is 5.32 Å². The molecule has 9 heteroatoms.